The van der Waals surface area contributed by atoms with Crippen LogP contribution in [0.1, 0.15) is 6.42 Å². The molecule has 174 valence electrons. The molecule has 2 aromatic carbocycles. The molecule has 10 heteroatoms. The highest BCUT2D eigenvalue weighted by Gasteiger charge is 2.35. The van der Waals surface area contributed by atoms with Crippen LogP contribution in [0.4, 0.5) is 5.69 Å². The monoisotopic (exact) mass is 494 g/mol. The maximum atomic E-state index is 13.4. The first-order chi connectivity index (χ1) is 16.5. The minimum Gasteiger partial charge on any atom is -0.461 e. The second kappa shape index (κ2) is 9.47. The summed E-state index contributed by atoms with van der Waals surface area (Å²) in [6.45, 7) is 0. The summed E-state index contributed by atoms with van der Waals surface area (Å²) >= 11 is 1.26. The summed E-state index contributed by atoms with van der Waals surface area (Å²) in [6.07, 6.45) is 2.00. The van der Waals surface area contributed by atoms with Crippen LogP contribution in [0.3, 0.4) is 0 Å². The maximum Gasteiger partial charge on any atom is 0.237 e. The van der Waals surface area contributed by atoms with E-state index in [1.165, 1.54) is 11.8 Å². The zero-order valence-electron chi connectivity index (χ0n) is 18.1. The van der Waals surface area contributed by atoms with E-state index >= 15 is 0 Å². The third kappa shape index (κ3) is 4.64. The van der Waals surface area contributed by atoms with E-state index in [9.17, 15) is 13.2 Å². The highest BCUT2D eigenvalue weighted by molar-refractivity contribution is 7.99. The molecule has 1 amide bonds. The Morgan fingerprint density at radius 1 is 1.03 bits per heavy atom. The number of hydrogen-bond acceptors (Lipinski definition) is 7. The molecular weight excluding hydrogens is 472 g/mol. The highest BCUT2D eigenvalue weighted by atomic mass is 32.2. The van der Waals surface area contributed by atoms with E-state index in [1.807, 2.05) is 65.2 Å². The number of furan rings is 1. The molecule has 0 aliphatic carbocycles. The molecule has 8 nitrogen and oxygen atoms in total. The summed E-state index contributed by atoms with van der Waals surface area (Å²) in [7, 11) is -3.15. The van der Waals surface area contributed by atoms with Crippen molar-refractivity contribution in [3.05, 3.63) is 79.1 Å². The average Bonchev–Trinajstić information content (AvgIpc) is 3.59. The number of amides is 1. The van der Waals surface area contributed by atoms with Crippen LogP contribution in [0.2, 0.25) is 0 Å². The molecule has 0 saturated carbocycles. The highest BCUT2D eigenvalue weighted by Crippen LogP contribution is 2.30. The molecule has 0 bridgehead atoms. The molecule has 1 aliphatic heterocycles. The van der Waals surface area contributed by atoms with Gasteiger partial charge in [-0.15, -0.1) is 10.2 Å². The number of carbonyl (C=O) groups excluding carboxylic acids is 1. The number of benzene rings is 2. The van der Waals surface area contributed by atoms with Gasteiger partial charge >= 0.3 is 0 Å². The Bertz CT molecular complexity index is 1370. The van der Waals surface area contributed by atoms with Gasteiger partial charge in [0.05, 0.1) is 29.6 Å². The molecule has 3 heterocycles. The molecule has 1 saturated heterocycles. The van der Waals surface area contributed by atoms with Crippen molar-refractivity contribution in [3.8, 4) is 17.3 Å². The topological polar surface area (TPSA) is 98.3 Å². The number of sulfone groups is 1. The van der Waals surface area contributed by atoms with Crippen molar-refractivity contribution in [1.82, 2.24) is 14.8 Å². The van der Waals surface area contributed by atoms with Gasteiger partial charge in [0.1, 0.15) is 0 Å². The quantitative estimate of drug-likeness (QED) is 0.360. The summed E-state index contributed by atoms with van der Waals surface area (Å²) in [4.78, 5) is 15.1. The minimum atomic E-state index is -3.15. The van der Waals surface area contributed by atoms with Crippen molar-refractivity contribution in [2.24, 2.45) is 0 Å². The average molecular weight is 495 g/mol. The SMILES string of the molecule is O=C(CSc1nnc(-c2ccco2)n1-c1ccccc1)N(c1ccccc1)[C@@H]1CCS(=O)(=O)C1. The molecule has 34 heavy (non-hydrogen) atoms. The summed E-state index contributed by atoms with van der Waals surface area (Å²) in [5, 5.41) is 9.17. The molecule has 0 radical (unpaired) electrons. The molecule has 5 rings (SSSR count). The lowest BCUT2D eigenvalue weighted by Gasteiger charge is -2.28. The van der Waals surface area contributed by atoms with Crippen LogP contribution in [0, 0.1) is 0 Å². The second-order valence-electron chi connectivity index (χ2n) is 7.90. The van der Waals surface area contributed by atoms with Gasteiger partial charge in [0.2, 0.25) is 11.7 Å². The lowest BCUT2D eigenvalue weighted by atomic mass is 10.2. The van der Waals surface area contributed by atoms with Gasteiger partial charge < -0.3 is 9.32 Å². The Labute approximate surface area is 201 Å². The number of aromatic nitrogens is 3. The van der Waals surface area contributed by atoms with E-state index in [0.717, 1.165) is 5.69 Å². The third-order valence-corrected chi connectivity index (χ3v) is 8.25. The first kappa shape index (κ1) is 22.4. The summed E-state index contributed by atoms with van der Waals surface area (Å²) < 4.78 is 31.6. The summed E-state index contributed by atoms with van der Waals surface area (Å²) in [6, 6.07) is 22.0. The van der Waals surface area contributed by atoms with Crippen LogP contribution in [0.15, 0.2) is 88.6 Å². The fourth-order valence-corrected chi connectivity index (χ4v) is 6.57. The zero-order chi connectivity index (χ0) is 23.5. The molecule has 2 aromatic heterocycles. The predicted molar refractivity (Wildman–Crippen MR) is 131 cm³/mol. The van der Waals surface area contributed by atoms with Crippen molar-refractivity contribution in [2.45, 2.75) is 17.6 Å². The normalized spacial score (nSPS) is 17.0. The fourth-order valence-electron chi connectivity index (χ4n) is 4.06. The maximum absolute atomic E-state index is 13.4. The van der Waals surface area contributed by atoms with E-state index in [2.05, 4.69) is 10.2 Å². The van der Waals surface area contributed by atoms with Crippen LogP contribution < -0.4 is 4.90 Å². The Morgan fingerprint density at radius 3 is 2.41 bits per heavy atom. The standard InChI is InChI=1S/C24H22N4O4S2/c29-22(27(18-8-3-1-4-9-18)20-13-15-34(30,31)17-20)16-33-24-26-25-23(21-12-7-14-32-21)28(24)19-10-5-2-6-11-19/h1-12,14,20H,13,15-17H2/t20-/m1/s1. The number of hydrogen-bond donors (Lipinski definition) is 0. The minimum absolute atomic E-state index is 0.0266. The molecule has 1 fully saturated rings. The van der Waals surface area contributed by atoms with E-state index in [-0.39, 0.29) is 29.2 Å². The number of para-hydroxylation sites is 2. The van der Waals surface area contributed by atoms with Gasteiger partial charge in [-0.2, -0.15) is 0 Å². The van der Waals surface area contributed by atoms with Gasteiger partial charge in [-0.25, -0.2) is 8.42 Å². The van der Waals surface area contributed by atoms with Crippen molar-refractivity contribution < 1.29 is 17.6 Å². The van der Waals surface area contributed by atoms with E-state index < -0.39 is 9.84 Å². The van der Waals surface area contributed by atoms with Crippen LogP contribution in [0.5, 0.6) is 0 Å². The Morgan fingerprint density at radius 2 is 1.76 bits per heavy atom. The van der Waals surface area contributed by atoms with Gasteiger partial charge in [0.25, 0.3) is 0 Å². The Hall–Kier alpha value is -3.37. The lowest BCUT2D eigenvalue weighted by Crippen LogP contribution is -2.42. The number of anilines is 1. The van der Waals surface area contributed by atoms with Gasteiger partial charge in [0.15, 0.2) is 20.8 Å². The van der Waals surface area contributed by atoms with Gasteiger partial charge in [-0.1, -0.05) is 48.2 Å². The van der Waals surface area contributed by atoms with Crippen molar-refractivity contribution in [3.63, 3.8) is 0 Å². The van der Waals surface area contributed by atoms with E-state index in [4.69, 9.17) is 4.42 Å². The zero-order valence-corrected chi connectivity index (χ0v) is 19.8. The number of nitrogens with zero attached hydrogens (tertiary/aromatic N) is 4. The van der Waals surface area contributed by atoms with Crippen LogP contribution >= 0.6 is 11.8 Å². The van der Waals surface area contributed by atoms with Crippen LogP contribution in [0.25, 0.3) is 17.3 Å². The third-order valence-electron chi connectivity index (χ3n) is 5.59. The Kier molecular flexibility index (Phi) is 6.25. The number of carbonyl (C=O) groups is 1. The van der Waals surface area contributed by atoms with Gasteiger partial charge in [-0.3, -0.25) is 9.36 Å². The van der Waals surface area contributed by atoms with Crippen molar-refractivity contribution in [2.75, 3.05) is 22.2 Å². The van der Waals surface area contributed by atoms with Crippen LogP contribution in [-0.4, -0.2) is 52.4 Å². The smallest absolute Gasteiger partial charge is 0.237 e. The molecule has 1 aliphatic rings. The van der Waals surface area contributed by atoms with Crippen molar-refractivity contribution >= 4 is 33.2 Å². The molecule has 0 N–H and O–H groups in total. The van der Waals surface area contributed by atoms with Gasteiger partial charge in [-0.05, 0) is 42.8 Å². The number of thioether (sulfide) groups is 1. The summed E-state index contributed by atoms with van der Waals surface area (Å²) in [5.74, 6) is 1.07. The number of rotatable bonds is 7. The van der Waals surface area contributed by atoms with E-state index in [0.29, 0.717) is 28.8 Å². The van der Waals surface area contributed by atoms with E-state index in [1.54, 1.807) is 23.3 Å². The van der Waals surface area contributed by atoms with Crippen LogP contribution in [-0.2, 0) is 14.6 Å². The predicted octanol–water partition coefficient (Wildman–Crippen LogP) is 3.84. The summed E-state index contributed by atoms with van der Waals surface area (Å²) in [5.41, 5.74) is 1.53. The largest absolute Gasteiger partial charge is 0.461 e. The fraction of sp³-hybridized carbons (Fsp3) is 0.208. The first-order valence-electron chi connectivity index (χ1n) is 10.8. The van der Waals surface area contributed by atoms with Gasteiger partial charge in [0, 0.05) is 11.4 Å². The molecular formula is C24H22N4O4S2. The van der Waals surface area contributed by atoms with Crippen molar-refractivity contribution in [1.29, 1.82) is 0 Å². The molecule has 0 unspecified atom stereocenters. The second-order valence-corrected chi connectivity index (χ2v) is 11.1. The molecule has 1 atom stereocenters. The first-order valence-corrected chi connectivity index (χ1v) is 13.6. The Balaban J connectivity index is 1.43. The molecule has 4 aromatic rings. The molecule has 0 spiro atoms. The lowest BCUT2D eigenvalue weighted by molar-refractivity contribution is -0.116.